The number of hydrogen-bond acceptors (Lipinski definition) is 3. The number of carbonyl (C=O) groups excluding carboxylic acids is 2. The van der Waals surface area contributed by atoms with Crippen LogP contribution in [0.1, 0.15) is 13.8 Å². The van der Waals surface area contributed by atoms with Crippen LogP contribution in [0.5, 0.6) is 0 Å². The van der Waals surface area contributed by atoms with Crippen LogP contribution in [0, 0.1) is 5.92 Å². The molecule has 1 amide bonds. The Kier molecular flexibility index (Phi) is 5.28. The van der Waals surface area contributed by atoms with Crippen LogP contribution >= 0.6 is 0 Å². The maximum Gasteiger partial charge on any atom is 0.231 e. The van der Waals surface area contributed by atoms with Crippen molar-refractivity contribution < 1.29 is 9.59 Å². The number of amides is 1. The molecule has 12 heavy (non-hydrogen) atoms. The lowest BCUT2D eigenvalue weighted by molar-refractivity contribution is -0.119. The summed E-state index contributed by atoms with van der Waals surface area (Å²) in [5, 5.41) is 0. The lowest BCUT2D eigenvalue weighted by atomic mass is 10.2. The van der Waals surface area contributed by atoms with Crippen molar-refractivity contribution >= 4 is 12.2 Å². The fraction of sp³-hybridized carbons (Fsp3) is 0.750. The molecule has 4 heteroatoms. The van der Waals surface area contributed by atoms with Gasteiger partial charge in [0, 0.05) is 6.54 Å². The molecule has 0 spiro atoms. The highest BCUT2D eigenvalue weighted by molar-refractivity contribution is 5.76. The molecule has 0 aliphatic heterocycles. The van der Waals surface area contributed by atoms with E-state index in [2.05, 4.69) is 0 Å². The first-order chi connectivity index (χ1) is 5.56. The van der Waals surface area contributed by atoms with Crippen molar-refractivity contribution in [3.8, 4) is 0 Å². The summed E-state index contributed by atoms with van der Waals surface area (Å²) in [4.78, 5) is 22.5. The highest BCUT2D eigenvalue weighted by Gasteiger charge is 2.08. The third kappa shape index (κ3) is 5.85. The van der Waals surface area contributed by atoms with Gasteiger partial charge < -0.3 is 10.5 Å². The first kappa shape index (κ1) is 11.1. The number of nitrogens with zero attached hydrogens (tertiary/aromatic N) is 1. The van der Waals surface area contributed by atoms with E-state index in [1.807, 2.05) is 13.8 Å². The number of rotatable bonds is 6. The Morgan fingerprint density at radius 1 is 1.58 bits per heavy atom. The van der Waals surface area contributed by atoms with Gasteiger partial charge >= 0.3 is 0 Å². The Morgan fingerprint density at radius 3 is 2.50 bits per heavy atom. The van der Waals surface area contributed by atoms with Crippen molar-refractivity contribution in [3.63, 3.8) is 0 Å². The topological polar surface area (TPSA) is 63.4 Å². The van der Waals surface area contributed by atoms with Gasteiger partial charge in [-0.3, -0.25) is 9.69 Å². The van der Waals surface area contributed by atoms with Gasteiger partial charge in [-0.15, -0.1) is 0 Å². The zero-order chi connectivity index (χ0) is 9.56. The lowest BCUT2D eigenvalue weighted by Gasteiger charge is -2.19. The van der Waals surface area contributed by atoms with Crippen LogP contribution in [0.2, 0.25) is 0 Å². The molecule has 0 unspecified atom stereocenters. The Hall–Kier alpha value is -0.900. The maximum absolute atomic E-state index is 10.5. The lowest BCUT2D eigenvalue weighted by Crippen LogP contribution is -2.37. The molecule has 4 nitrogen and oxygen atoms in total. The van der Waals surface area contributed by atoms with E-state index in [0.717, 1.165) is 12.8 Å². The predicted octanol–water partition coefficient (Wildman–Crippen LogP) is -0.371. The van der Waals surface area contributed by atoms with Crippen LogP contribution in [0.3, 0.4) is 0 Å². The summed E-state index contributed by atoms with van der Waals surface area (Å²) in [6, 6.07) is 0. The summed E-state index contributed by atoms with van der Waals surface area (Å²) in [6.45, 7) is 5.22. The standard InChI is InChI=1S/C8H16N2O2/c1-7(2)5-10(3-4-11)6-8(9)12/h4,7H,3,5-6H2,1-2H3,(H2,9,12). The van der Waals surface area contributed by atoms with E-state index in [1.165, 1.54) is 0 Å². The van der Waals surface area contributed by atoms with Gasteiger partial charge in [0.25, 0.3) is 0 Å². The van der Waals surface area contributed by atoms with E-state index >= 15 is 0 Å². The van der Waals surface area contributed by atoms with E-state index in [4.69, 9.17) is 5.73 Å². The molecule has 0 rings (SSSR count). The summed E-state index contributed by atoms with van der Waals surface area (Å²) in [5.41, 5.74) is 5.00. The molecule has 0 aliphatic carbocycles. The van der Waals surface area contributed by atoms with Gasteiger partial charge in [-0.05, 0) is 5.92 Å². The summed E-state index contributed by atoms with van der Waals surface area (Å²) in [5.74, 6) is 0.0433. The van der Waals surface area contributed by atoms with Crippen molar-refractivity contribution in [3.05, 3.63) is 0 Å². The SMILES string of the molecule is CC(C)CN(CC=O)CC(N)=O. The van der Waals surface area contributed by atoms with E-state index in [9.17, 15) is 9.59 Å². The van der Waals surface area contributed by atoms with Gasteiger partial charge in [0.2, 0.25) is 5.91 Å². The van der Waals surface area contributed by atoms with Gasteiger partial charge in [-0.2, -0.15) is 0 Å². The Labute approximate surface area is 72.7 Å². The molecule has 0 atom stereocenters. The second-order valence-corrected chi connectivity index (χ2v) is 3.22. The maximum atomic E-state index is 10.5. The first-order valence-corrected chi connectivity index (χ1v) is 4.00. The molecular formula is C8H16N2O2. The molecule has 0 fully saturated rings. The van der Waals surface area contributed by atoms with Gasteiger partial charge in [-0.1, -0.05) is 13.8 Å². The molecule has 0 aliphatic rings. The van der Waals surface area contributed by atoms with Crippen molar-refractivity contribution in [1.29, 1.82) is 0 Å². The zero-order valence-corrected chi connectivity index (χ0v) is 7.62. The van der Waals surface area contributed by atoms with Crippen LogP contribution in [0.4, 0.5) is 0 Å². The number of primary amides is 1. The predicted molar refractivity (Wildman–Crippen MR) is 46.5 cm³/mol. The molecule has 0 aromatic carbocycles. The van der Waals surface area contributed by atoms with Crippen LogP contribution in [-0.2, 0) is 9.59 Å². The molecule has 0 saturated heterocycles. The van der Waals surface area contributed by atoms with Crippen molar-refractivity contribution in [1.82, 2.24) is 4.90 Å². The average Bonchev–Trinajstić information content (AvgIpc) is 1.84. The van der Waals surface area contributed by atoms with Crippen molar-refractivity contribution in [2.45, 2.75) is 13.8 Å². The molecule has 0 bridgehead atoms. The van der Waals surface area contributed by atoms with E-state index in [-0.39, 0.29) is 13.1 Å². The van der Waals surface area contributed by atoms with E-state index in [1.54, 1.807) is 4.90 Å². The second kappa shape index (κ2) is 5.71. The number of nitrogens with two attached hydrogens (primary N) is 1. The van der Waals surface area contributed by atoms with Gasteiger partial charge in [0.1, 0.15) is 6.29 Å². The van der Waals surface area contributed by atoms with Crippen LogP contribution in [0.15, 0.2) is 0 Å². The Bertz CT molecular complexity index is 157. The zero-order valence-electron chi connectivity index (χ0n) is 7.62. The molecule has 0 aromatic heterocycles. The normalized spacial score (nSPS) is 10.7. The quantitative estimate of drug-likeness (QED) is 0.556. The van der Waals surface area contributed by atoms with Gasteiger partial charge in [-0.25, -0.2) is 0 Å². The highest BCUT2D eigenvalue weighted by atomic mass is 16.1. The molecule has 0 heterocycles. The third-order valence-electron chi connectivity index (χ3n) is 1.34. The Balaban J connectivity index is 3.85. The minimum Gasteiger partial charge on any atom is -0.369 e. The third-order valence-corrected chi connectivity index (χ3v) is 1.34. The number of carbonyl (C=O) groups is 2. The van der Waals surface area contributed by atoms with Crippen LogP contribution < -0.4 is 5.73 Å². The first-order valence-electron chi connectivity index (χ1n) is 4.00. The highest BCUT2D eigenvalue weighted by Crippen LogP contribution is 1.96. The van der Waals surface area contributed by atoms with E-state index < -0.39 is 5.91 Å². The van der Waals surface area contributed by atoms with Crippen LogP contribution in [0.25, 0.3) is 0 Å². The minimum atomic E-state index is -0.391. The molecular weight excluding hydrogens is 156 g/mol. The average molecular weight is 172 g/mol. The molecule has 0 saturated carbocycles. The summed E-state index contributed by atoms with van der Waals surface area (Å²) in [7, 11) is 0. The fourth-order valence-electron chi connectivity index (χ4n) is 1.05. The molecule has 2 N–H and O–H groups in total. The van der Waals surface area contributed by atoms with E-state index in [0.29, 0.717) is 5.92 Å². The second-order valence-electron chi connectivity index (χ2n) is 3.22. The monoisotopic (exact) mass is 172 g/mol. The largest absolute Gasteiger partial charge is 0.369 e. The number of aldehydes is 1. The van der Waals surface area contributed by atoms with Gasteiger partial charge in [0.15, 0.2) is 0 Å². The number of hydrogen-bond donors (Lipinski definition) is 1. The summed E-state index contributed by atoms with van der Waals surface area (Å²) in [6.07, 6.45) is 0.783. The molecule has 0 radical (unpaired) electrons. The summed E-state index contributed by atoms with van der Waals surface area (Å²) < 4.78 is 0. The van der Waals surface area contributed by atoms with Crippen molar-refractivity contribution in [2.24, 2.45) is 11.7 Å². The van der Waals surface area contributed by atoms with Crippen LogP contribution in [-0.4, -0.2) is 36.7 Å². The molecule has 0 aromatic rings. The fourth-order valence-corrected chi connectivity index (χ4v) is 1.05. The van der Waals surface area contributed by atoms with Crippen molar-refractivity contribution in [2.75, 3.05) is 19.6 Å². The molecule has 70 valence electrons. The smallest absolute Gasteiger partial charge is 0.231 e. The van der Waals surface area contributed by atoms with Gasteiger partial charge in [0.05, 0.1) is 13.1 Å². The minimum absolute atomic E-state index is 0.164. The summed E-state index contributed by atoms with van der Waals surface area (Å²) >= 11 is 0. The Morgan fingerprint density at radius 2 is 2.17 bits per heavy atom.